The molecule has 0 bridgehead atoms. The van der Waals surface area contributed by atoms with E-state index in [-0.39, 0.29) is 32.1 Å². The van der Waals surface area contributed by atoms with Gasteiger partial charge in [0.15, 0.2) is 0 Å². The normalized spacial score (nSPS) is 10.4. The average molecular weight is 335 g/mol. The van der Waals surface area contributed by atoms with Gasteiger partial charge in [0.1, 0.15) is 11.6 Å². The van der Waals surface area contributed by atoms with E-state index in [2.05, 4.69) is 5.32 Å². The van der Waals surface area contributed by atoms with Crippen LogP contribution in [-0.4, -0.2) is 11.0 Å². The molecule has 20 heavy (non-hydrogen) atoms. The maximum atomic E-state index is 13.1. The zero-order valence-electron chi connectivity index (χ0n) is 9.75. The van der Waals surface area contributed by atoms with E-state index in [1.165, 1.54) is 12.1 Å². The van der Waals surface area contributed by atoms with Gasteiger partial charge in [-0.1, -0.05) is 34.8 Å². The van der Waals surface area contributed by atoms with E-state index < -0.39 is 11.7 Å². The van der Waals surface area contributed by atoms with Crippen molar-refractivity contribution in [2.24, 2.45) is 0 Å². The van der Waals surface area contributed by atoms with Crippen LogP contribution in [0.25, 0.3) is 0 Å². The van der Waals surface area contributed by atoms with Crippen LogP contribution >= 0.6 is 34.8 Å². The number of benzene rings is 2. The molecule has 2 aromatic rings. The lowest BCUT2D eigenvalue weighted by Gasteiger charge is -2.09. The highest BCUT2D eigenvalue weighted by atomic mass is 35.5. The van der Waals surface area contributed by atoms with Crippen LogP contribution in [0, 0.1) is 5.82 Å². The molecule has 3 nitrogen and oxygen atoms in total. The van der Waals surface area contributed by atoms with Crippen molar-refractivity contribution in [3.63, 3.8) is 0 Å². The molecule has 0 unspecified atom stereocenters. The smallest absolute Gasteiger partial charge is 0.259 e. The first-order valence-electron chi connectivity index (χ1n) is 5.33. The Morgan fingerprint density at radius 2 is 1.70 bits per heavy atom. The molecule has 0 fully saturated rings. The third-order valence-electron chi connectivity index (χ3n) is 2.46. The van der Waals surface area contributed by atoms with Gasteiger partial charge in [0.05, 0.1) is 26.3 Å². The van der Waals surface area contributed by atoms with Gasteiger partial charge in [0.2, 0.25) is 0 Å². The molecule has 2 N–H and O–H groups in total. The van der Waals surface area contributed by atoms with E-state index in [4.69, 9.17) is 34.8 Å². The fourth-order valence-electron chi connectivity index (χ4n) is 1.50. The number of anilines is 1. The van der Waals surface area contributed by atoms with Gasteiger partial charge in [-0.3, -0.25) is 4.79 Å². The van der Waals surface area contributed by atoms with Gasteiger partial charge in [-0.05, 0) is 30.3 Å². The number of hydrogen-bond acceptors (Lipinski definition) is 2. The van der Waals surface area contributed by atoms with Crippen molar-refractivity contribution < 1.29 is 14.3 Å². The highest BCUT2D eigenvalue weighted by Gasteiger charge is 2.15. The summed E-state index contributed by atoms with van der Waals surface area (Å²) in [6, 6.07) is 5.77. The van der Waals surface area contributed by atoms with Gasteiger partial charge in [-0.2, -0.15) is 0 Å². The van der Waals surface area contributed by atoms with Gasteiger partial charge >= 0.3 is 0 Å². The third kappa shape index (κ3) is 3.15. The minimum Gasteiger partial charge on any atom is -0.507 e. The molecule has 0 saturated heterocycles. The standard InChI is InChI=1S/C13H7Cl3FNO2/c14-8-4-10(16)11(5-9(8)15)18-13(20)7-3-6(17)1-2-12(7)19/h1-5,19H,(H,18,20). The van der Waals surface area contributed by atoms with Gasteiger partial charge < -0.3 is 10.4 Å². The van der Waals surface area contributed by atoms with Gasteiger partial charge in [-0.15, -0.1) is 0 Å². The number of carbonyl (C=O) groups excluding carboxylic acids is 1. The topological polar surface area (TPSA) is 49.3 Å². The largest absolute Gasteiger partial charge is 0.507 e. The molecule has 0 saturated carbocycles. The Hall–Kier alpha value is -1.49. The van der Waals surface area contributed by atoms with E-state index in [1.807, 2.05) is 0 Å². The van der Waals surface area contributed by atoms with Gasteiger partial charge in [0, 0.05) is 0 Å². The van der Waals surface area contributed by atoms with Crippen LogP contribution in [0.15, 0.2) is 30.3 Å². The van der Waals surface area contributed by atoms with E-state index >= 15 is 0 Å². The van der Waals surface area contributed by atoms with Crippen molar-refractivity contribution in [2.75, 3.05) is 5.32 Å². The number of hydrogen-bond donors (Lipinski definition) is 2. The summed E-state index contributed by atoms with van der Waals surface area (Å²) in [5.74, 6) is -1.71. The van der Waals surface area contributed by atoms with Crippen LogP contribution in [-0.2, 0) is 0 Å². The maximum absolute atomic E-state index is 13.1. The highest BCUT2D eigenvalue weighted by Crippen LogP contribution is 2.32. The number of halogens is 4. The minimum absolute atomic E-state index is 0.170. The van der Waals surface area contributed by atoms with Gasteiger partial charge in [0.25, 0.3) is 5.91 Å². The van der Waals surface area contributed by atoms with Crippen molar-refractivity contribution in [2.45, 2.75) is 0 Å². The van der Waals surface area contributed by atoms with Crippen LogP contribution in [0.2, 0.25) is 15.1 Å². The number of rotatable bonds is 2. The molecule has 0 aliphatic carbocycles. The molecular weight excluding hydrogens is 328 g/mol. The Balaban J connectivity index is 2.32. The molecular formula is C13H7Cl3FNO2. The summed E-state index contributed by atoms with van der Waals surface area (Å²) < 4.78 is 13.1. The van der Waals surface area contributed by atoms with Crippen molar-refractivity contribution in [1.29, 1.82) is 0 Å². The van der Waals surface area contributed by atoms with Crippen LogP contribution < -0.4 is 5.32 Å². The average Bonchev–Trinajstić information content (AvgIpc) is 2.38. The summed E-state index contributed by atoms with van der Waals surface area (Å²) in [6.07, 6.45) is 0. The summed E-state index contributed by atoms with van der Waals surface area (Å²) in [5, 5.41) is 12.6. The molecule has 0 aliphatic heterocycles. The van der Waals surface area contributed by atoms with Crippen molar-refractivity contribution in [3.8, 4) is 5.75 Å². The minimum atomic E-state index is -0.720. The lowest BCUT2D eigenvalue weighted by Crippen LogP contribution is -2.12. The van der Waals surface area contributed by atoms with Crippen molar-refractivity contribution >= 4 is 46.4 Å². The first kappa shape index (κ1) is 14.9. The SMILES string of the molecule is O=C(Nc1cc(Cl)c(Cl)cc1Cl)c1cc(F)ccc1O. The Bertz CT molecular complexity index is 692. The molecule has 7 heteroatoms. The molecule has 0 aliphatic rings. The Labute approximate surface area is 128 Å². The monoisotopic (exact) mass is 333 g/mol. The number of nitrogens with one attached hydrogen (secondary N) is 1. The van der Waals surface area contributed by atoms with Gasteiger partial charge in [-0.25, -0.2) is 4.39 Å². The number of phenols is 1. The number of aromatic hydroxyl groups is 1. The summed E-state index contributed by atoms with van der Waals surface area (Å²) >= 11 is 17.5. The molecule has 2 rings (SSSR count). The summed E-state index contributed by atoms with van der Waals surface area (Å²) in [7, 11) is 0. The summed E-state index contributed by atoms with van der Waals surface area (Å²) in [5.41, 5.74) is -0.0122. The molecule has 1 amide bonds. The summed E-state index contributed by atoms with van der Waals surface area (Å²) in [4.78, 5) is 12.0. The van der Waals surface area contributed by atoms with Crippen LogP contribution in [0.1, 0.15) is 10.4 Å². The second kappa shape index (κ2) is 5.87. The van der Waals surface area contributed by atoms with E-state index in [0.29, 0.717) is 0 Å². The second-order valence-electron chi connectivity index (χ2n) is 3.86. The second-order valence-corrected chi connectivity index (χ2v) is 5.08. The Morgan fingerprint density at radius 1 is 1.05 bits per heavy atom. The number of amides is 1. The van der Waals surface area contributed by atoms with Crippen LogP contribution in [0.5, 0.6) is 5.75 Å². The maximum Gasteiger partial charge on any atom is 0.259 e. The fraction of sp³-hybridized carbons (Fsp3) is 0. The third-order valence-corrected chi connectivity index (χ3v) is 3.50. The molecule has 0 spiro atoms. The lowest BCUT2D eigenvalue weighted by atomic mass is 10.1. The van der Waals surface area contributed by atoms with E-state index in [9.17, 15) is 14.3 Å². The first-order chi connectivity index (χ1) is 9.38. The molecule has 0 aromatic heterocycles. The predicted molar refractivity (Wildman–Crippen MR) is 77.5 cm³/mol. The summed E-state index contributed by atoms with van der Waals surface area (Å²) in [6.45, 7) is 0. The number of phenolic OH excluding ortho intramolecular Hbond substituents is 1. The Morgan fingerprint density at radius 3 is 2.40 bits per heavy atom. The number of carbonyl (C=O) groups is 1. The Kier molecular flexibility index (Phi) is 4.38. The van der Waals surface area contributed by atoms with E-state index in [1.54, 1.807) is 0 Å². The quantitative estimate of drug-likeness (QED) is 0.779. The molecule has 2 aromatic carbocycles. The first-order valence-corrected chi connectivity index (χ1v) is 6.46. The van der Waals surface area contributed by atoms with Crippen LogP contribution in [0.4, 0.5) is 10.1 Å². The van der Waals surface area contributed by atoms with E-state index in [0.717, 1.165) is 18.2 Å². The molecule has 104 valence electrons. The molecule has 0 radical (unpaired) electrons. The predicted octanol–water partition coefficient (Wildman–Crippen LogP) is 4.74. The molecule has 0 atom stereocenters. The van der Waals surface area contributed by atoms with Crippen LogP contribution in [0.3, 0.4) is 0 Å². The highest BCUT2D eigenvalue weighted by molar-refractivity contribution is 6.44. The fourth-order valence-corrected chi connectivity index (χ4v) is 2.09. The zero-order valence-corrected chi connectivity index (χ0v) is 12.0. The lowest BCUT2D eigenvalue weighted by molar-refractivity contribution is 0.102. The van der Waals surface area contributed by atoms with Crippen molar-refractivity contribution in [1.82, 2.24) is 0 Å². The molecule has 0 heterocycles. The van der Waals surface area contributed by atoms with Crippen molar-refractivity contribution in [3.05, 3.63) is 56.8 Å². The zero-order chi connectivity index (χ0) is 14.9.